The monoisotopic (exact) mass is 414 g/mol. The van der Waals surface area contributed by atoms with Crippen molar-refractivity contribution in [3.05, 3.63) is 76.5 Å². The molecule has 158 valence electrons. The molecule has 0 unspecified atom stereocenters. The number of aryl methyl sites for hydroxylation is 1. The van der Waals surface area contributed by atoms with Gasteiger partial charge in [-0.05, 0) is 61.8 Å². The normalized spacial score (nSPS) is 16.4. The first kappa shape index (κ1) is 19.7. The van der Waals surface area contributed by atoms with Crippen LogP contribution in [0.1, 0.15) is 52.5 Å². The summed E-state index contributed by atoms with van der Waals surface area (Å²) in [5.41, 5.74) is 5.82. The fourth-order valence-electron chi connectivity index (χ4n) is 4.82. The highest BCUT2D eigenvalue weighted by atomic mass is 16.5. The Morgan fingerprint density at radius 1 is 0.968 bits per heavy atom. The summed E-state index contributed by atoms with van der Waals surface area (Å²) in [4.78, 5) is 32.9. The second-order valence-corrected chi connectivity index (χ2v) is 8.46. The Morgan fingerprint density at radius 2 is 1.71 bits per heavy atom. The van der Waals surface area contributed by atoms with Crippen LogP contribution in [0.3, 0.4) is 0 Å². The average Bonchev–Trinajstić information content (AvgIpc) is 2.81. The number of hydrogen-bond donors (Lipinski definition) is 0. The quantitative estimate of drug-likeness (QED) is 0.602. The van der Waals surface area contributed by atoms with Crippen molar-refractivity contribution in [2.75, 3.05) is 6.54 Å². The third kappa shape index (κ3) is 3.69. The Labute approximate surface area is 182 Å². The van der Waals surface area contributed by atoms with Crippen molar-refractivity contribution in [2.24, 2.45) is 0 Å². The predicted molar refractivity (Wildman–Crippen MR) is 119 cm³/mol. The van der Waals surface area contributed by atoms with Crippen molar-refractivity contribution in [1.82, 2.24) is 9.88 Å². The first-order chi connectivity index (χ1) is 15.1. The van der Waals surface area contributed by atoms with E-state index < -0.39 is 12.1 Å². The molecule has 0 fully saturated rings. The molecular formula is C26H26N2O3. The molecule has 0 saturated carbocycles. The third-order valence-electron chi connectivity index (χ3n) is 6.45. The van der Waals surface area contributed by atoms with Crippen LogP contribution >= 0.6 is 0 Å². The largest absolute Gasteiger partial charge is 0.449 e. The number of carbonyl (C=O) groups is 2. The van der Waals surface area contributed by atoms with Gasteiger partial charge in [0.2, 0.25) is 0 Å². The van der Waals surface area contributed by atoms with Gasteiger partial charge in [0.15, 0.2) is 6.10 Å². The topological polar surface area (TPSA) is 59.5 Å². The summed E-state index contributed by atoms with van der Waals surface area (Å²) in [5, 5.41) is 0.805. The lowest BCUT2D eigenvalue weighted by atomic mass is 9.90. The van der Waals surface area contributed by atoms with Gasteiger partial charge in [0.25, 0.3) is 5.91 Å². The smallest absolute Gasteiger partial charge is 0.339 e. The molecule has 2 heterocycles. The number of carbonyl (C=O) groups excluding carboxylic acids is 2. The van der Waals surface area contributed by atoms with Crippen LogP contribution in [0.4, 0.5) is 0 Å². The Morgan fingerprint density at radius 3 is 2.58 bits per heavy atom. The van der Waals surface area contributed by atoms with Crippen LogP contribution in [0.15, 0.2) is 48.5 Å². The van der Waals surface area contributed by atoms with E-state index in [2.05, 4.69) is 12.1 Å². The summed E-state index contributed by atoms with van der Waals surface area (Å²) in [6.45, 7) is 2.88. The number of ether oxygens (including phenoxy) is 1. The Hall–Kier alpha value is -3.21. The second kappa shape index (κ2) is 8.14. The molecule has 0 radical (unpaired) electrons. The minimum absolute atomic E-state index is 0.143. The molecule has 1 aromatic heterocycles. The van der Waals surface area contributed by atoms with Crippen LogP contribution in [0.25, 0.3) is 10.9 Å². The molecule has 1 aliphatic carbocycles. The van der Waals surface area contributed by atoms with E-state index in [1.807, 2.05) is 36.4 Å². The highest BCUT2D eigenvalue weighted by Gasteiger charge is 2.30. The molecule has 0 saturated heterocycles. The summed E-state index contributed by atoms with van der Waals surface area (Å²) >= 11 is 0. The number of amides is 1. The van der Waals surface area contributed by atoms with Crippen molar-refractivity contribution >= 4 is 22.8 Å². The van der Waals surface area contributed by atoms with Gasteiger partial charge in [-0.3, -0.25) is 9.78 Å². The Kier molecular flexibility index (Phi) is 5.18. The van der Waals surface area contributed by atoms with Crippen LogP contribution in [0, 0.1) is 0 Å². The lowest BCUT2D eigenvalue weighted by molar-refractivity contribution is -0.140. The van der Waals surface area contributed by atoms with Crippen LogP contribution in [0.2, 0.25) is 0 Å². The third-order valence-corrected chi connectivity index (χ3v) is 6.45. The van der Waals surface area contributed by atoms with Crippen LogP contribution in [-0.4, -0.2) is 34.4 Å². The first-order valence-electron chi connectivity index (χ1n) is 11.1. The zero-order chi connectivity index (χ0) is 21.4. The lowest BCUT2D eigenvalue weighted by Gasteiger charge is -2.30. The highest BCUT2D eigenvalue weighted by Crippen LogP contribution is 2.30. The second-order valence-electron chi connectivity index (χ2n) is 8.46. The van der Waals surface area contributed by atoms with Crippen LogP contribution < -0.4 is 0 Å². The number of nitrogens with zero attached hydrogens (tertiary/aromatic N) is 2. The fraction of sp³-hybridized carbons (Fsp3) is 0.346. The number of benzene rings is 2. The summed E-state index contributed by atoms with van der Waals surface area (Å²) in [6, 6.07) is 15.9. The van der Waals surface area contributed by atoms with Crippen molar-refractivity contribution < 1.29 is 14.3 Å². The van der Waals surface area contributed by atoms with Crippen molar-refractivity contribution in [1.29, 1.82) is 0 Å². The van der Waals surface area contributed by atoms with Gasteiger partial charge < -0.3 is 9.64 Å². The number of fused-ring (bicyclic) bond motifs is 3. The Balaban J connectivity index is 1.39. The maximum absolute atomic E-state index is 13.3. The van der Waals surface area contributed by atoms with Crippen molar-refractivity contribution in [3.63, 3.8) is 0 Å². The lowest BCUT2D eigenvalue weighted by Crippen LogP contribution is -2.42. The van der Waals surface area contributed by atoms with E-state index in [1.165, 1.54) is 5.56 Å². The van der Waals surface area contributed by atoms with Gasteiger partial charge in [-0.25, -0.2) is 4.79 Å². The number of para-hydroxylation sites is 1. The number of rotatable bonds is 3. The average molecular weight is 415 g/mol. The zero-order valence-electron chi connectivity index (χ0n) is 17.8. The molecular weight excluding hydrogens is 388 g/mol. The molecule has 1 atom stereocenters. The molecule has 5 heteroatoms. The van der Waals surface area contributed by atoms with Crippen LogP contribution in [-0.2, 0) is 35.3 Å². The number of aromatic nitrogens is 1. The first-order valence-corrected chi connectivity index (χ1v) is 11.1. The van der Waals surface area contributed by atoms with E-state index in [-0.39, 0.29) is 5.91 Å². The van der Waals surface area contributed by atoms with Crippen molar-refractivity contribution in [3.8, 4) is 0 Å². The van der Waals surface area contributed by atoms with Gasteiger partial charge in [-0.1, -0.05) is 42.5 Å². The van der Waals surface area contributed by atoms with E-state index in [1.54, 1.807) is 11.8 Å². The van der Waals surface area contributed by atoms with Gasteiger partial charge in [-0.15, -0.1) is 0 Å². The number of pyridine rings is 1. The summed E-state index contributed by atoms with van der Waals surface area (Å²) < 4.78 is 5.76. The summed E-state index contributed by atoms with van der Waals surface area (Å²) in [6.07, 6.45) is 3.81. The van der Waals surface area contributed by atoms with Gasteiger partial charge in [0.05, 0.1) is 11.1 Å². The fourth-order valence-corrected chi connectivity index (χ4v) is 4.82. The van der Waals surface area contributed by atoms with E-state index in [0.717, 1.165) is 59.8 Å². The molecule has 2 aliphatic rings. The summed E-state index contributed by atoms with van der Waals surface area (Å²) in [7, 11) is 0. The zero-order valence-corrected chi connectivity index (χ0v) is 17.8. The minimum atomic E-state index is -0.830. The van der Waals surface area contributed by atoms with Crippen molar-refractivity contribution in [2.45, 2.75) is 51.7 Å². The molecule has 5 nitrogen and oxygen atoms in total. The molecule has 0 spiro atoms. The van der Waals surface area contributed by atoms with E-state index in [0.29, 0.717) is 18.7 Å². The van der Waals surface area contributed by atoms with Gasteiger partial charge >= 0.3 is 5.97 Å². The molecule has 0 bridgehead atoms. The van der Waals surface area contributed by atoms with Gasteiger partial charge in [0, 0.05) is 24.2 Å². The summed E-state index contributed by atoms with van der Waals surface area (Å²) in [5.74, 6) is -0.565. The van der Waals surface area contributed by atoms with E-state index in [9.17, 15) is 9.59 Å². The molecule has 3 aromatic rings. The molecule has 31 heavy (non-hydrogen) atoms. The van der Waals surface area contributed by atoms with E-state index in [4.69, 9.17) is 9.72 Å². The standard InChI is InChI=1S/C26H26N2O3/c1-17(25(29)28-15-14-18-8-2-3-9-19(18)16-28)31-26(30)24-20-10-4-6-12-22(20)27-23-13-7-5-11-21(23)24/h2-4,6,8-10,12,17H,5,7,11,13-16H2,1H3/t17-/m0/s1. The Bertz CT molecular complexity index is 1170. The van der Waals surface area contributed by atoms with Gasteiger partial charge in [-0.2, -0.15) is 0 Å². The highest BCUT2D eigenvalue weighted by molar-refractivity contribution is 6.05. The number of esters is 1. The van der Waals surface area contributed by atoms with E-state index >= 15 is 0 Å². The molecule has 1 aliphatic heterocycles. The predicted octanol–water partition coefficient (Wildman–Crippen LogP) is 4.24. The minimum Gasteiger partial charge on any atom is -0.449 e. The SMILES string of the molecule is C[C@H](OC(=O)c1c2c(nc3ccccc13)CCCC2)C(=O)N1CCc2ccccc2C1. The number of hydrogen-bond acceptors (Lipinski definition) is 4. The maximum Gasteiger partial charge on any atom is 0.339 e. The molecule has 0 N–H and O–H groups in total. The van der Waals surface area contributed by atoms with Gasteiger partial charge in [0.1, 0.15) is 0 Å². The molecule has 2 aromatic carbocycles. The molecule has 1 amide bonds. The molecule has 5 rings (SSSR count). The van der Waals surface area contributed by atoms with Crippen LogP contribution in [0.5, 0.6) is 0 Å². The maximum atomic E-state index is 13.3.